The lowest BCUT2D eigenvalue weighted by Crippen LogP contribution is -2.28. The van der Waals surface area contributed by atoms with E-state index in [-0.39, 0.29) is 18.8 Å². The number of hydrogen-bond donors (Lipinski definition) is 2. The number of rotatable bonds is 3. The minimum atomic E-state index is -0.755. The second-order valence-corrected chi connectivity index (χ2v) is 3.13. The SMILES string of the molecule is Cl.O=C(O)C/C=C/C1CCCNC1. The largest absolute Gasteiger partial charge is 0.481 e. The van der Waals surface area contributed by atoms with E-state index in [0.29, 0.717) is 5.92 Å². The van der Waals surface area contributed by atoms with Gasteiger partial charge in [-0.2, -0.15) is 0 Å². The fourth-order valence-corrected chi connectivity index (χ4v) is 1.40. The molecule has 1 aliphatic rings. The maximum absolute atomic E-state index is 10.2. The molecule has 13 heavy (non-hydrogen) atoms. The first kappa shape index (κ1) is 12.5. The predicted molar refractivity (Wildman–Crippen MR) is 54.2 cm³/mol. The third kappa shape index (κ3) is 5.66. The molecule has 1 saturated heterocycles. The zero-order chi connectivity index (χ0) is 8.81. The lowest BCUT2D eigenvalue weighted by atomic mass is 9.99. The van der Waals surface area contributed by atoms with E-state index in [4.69, 9.17) is 5.11 Å². The highest BCUT2D eigenvalue weighted by Gasteiger charge is 2.08. The summed E-state index contributed by atoms with van der Waals surface area (Å²) >= 11 is 0. The van der Waals surface area contributed by atoms with Gasteiger partial charge in [0.2, 0.25) is 0 Å². The molecule has 1 rings (SSSR count). The van der Waals surface area contributed by atoms with Gasteiger partial charge in [0.25, 0.3) is 0 Å². The second kappa shape index (κ2) is 6.92. The van der Waals surface area contributed by atoms with Crippen LogP contribution in [0.3, 0.4) is 0 Å². The Labute approximate surface area is 84.6 Å². The molecule has 4 heteroatoms. The highest BCUT2D eigenvalue weighted by molar-refractivity contribution is 5.85. The molecule has 1 aliphatic heterocycles. The lowest BCUT2D eigenvalue weighted by Gasteiger charge is -2.19. The number of carboxylic acids is 1. The van der Waals surface area contributed by atoms with Crippen molar-refractivity contribution in [3.8, 4) is 0 Å². The van der Waals surface area contributed by atoms with E-state index in [0.717, 1.165) is 13.1 Å². The molecular formula is C9H16ClNO2. The van der Waals surface area contributed by atoms with Crippen LogP contribution in [0.1, 0.15) is 19.3 Å². The highest BCUT2D eigenvalue weighted by Crippen LogP contribution is 2.11. The van der Waals surface area contributed by atoms with Crippen LogP contribution < -0.4 is 5.32 Å². The summed E-state index contributed by atoms with van der Waals surface area (Å²) < 4.78 is 0. The highest BCUT2D eigenvalue weighted by atomic mass is 35.5. The van der Waals surface area contributed by atoms with E-state index < -0.39 is 5.97 Å². The predicted octanol–water partition coefficient (Wildman–Crippen LogP) is 1.44. The van der Waals surface area contributed by atoms with Crippen molar-refractivity contribution in [3.63, 3.8) is 0 Å². The average Bonchev–Trinajstić information content (AvgIpc) is 2.05. The van der Waals surface area contributed by atoms with Gasteiger partial charge in [0.1, 0.15) is 0 Å². The molecule has 3 nitrogen and oxygen atoms in total. The Morgan fingerprint density at radius 2 is 2.38 bits per heavy atom. The van der Waals surface area contributed by atoms with Gasteiger partial charge in [-0.3, -0.25) is 4.79 Å². The van der Waals surface area contributed by atoms with Crippen LogP contribution in [-0.4, -0.2) is 24.2 Å². The Bertz CT molecular complexity index is 176. The Balaban J connectivity index is 0.00000144. The van der Waals surface area contributed by atoms with Crippen molar-refractivity contribution >= 4 is 18.4 Å². The molecule has 1 fully saturated rings. The summed E-state index contributed by atoms with van der Waals surface area (Å²) in [4.78, 5) is 10.2. The normalized spacial score (nSPS) is 22.6. The van der Waals surface area contributed by atoms with Gasteiger partial charge in [-0.15, -0.1) is 12.4 Å². The molecule has 0 amide bonds. The maximum atomic E-state index is 10.2. The molecule has 76 valence electrons. The van der Waals surface area contributed by atoms with E-state index in [9.17, 15) is 4.79 Å². The number of aliphatic carboxylic acids is 1. The molecule has 0 aromatic rings. The van der Waals surface area contributed by atoms with Crippen molar-refractivity contribution in [1.29, 1.82) is 0 Å². The van der Waals surface area contributed by atoms with Gasteiger partial charge < -0.3 is 10.4 Å². The van der Waals surface area contributed by atoms with Crippen LogP contribution in [0.25, 0.3) is 0 Å². The van der Waals surface area contributed by atoms with E-state index in [2.05, 4.69) is 5.32 Å². The van der Waals surface area contributed by atoms with Crippen LogP contribution in [0.15, 0.2) is 12.2 Å². The van der Waals surface area contributed by atoms with Crippen LogP contribution in [0.5, 0.6) is 0 Å². The molecule has 0 aromatic heterocycles. The Hall–Kier alpha value is -0.540. The molecule has 1 heterocycles. The van der Waals surface area contributed by atoms with E-state index in [1.54, 1.807) is 6.08 Å². The van der Waals surface area contributed by atoms with Gasteiger partial charge >= 0.3 is 5.97 Å². The minimum absolute atomic E-state index is 0. The van der Waals surface area contributed by atoms with Crippen molar-refractivity contribution in [1.82, 2.24) is 5.32 Å². The third-order valence-corrected chi connectivity index (χ3v) is 2.04. The first-order chi connectivity index (χ1) is 5.79. The maximum Gasteiger partial charge on any atom is 0.307 e. The molecule has 0 spiro atoms. The lowest BCUT2D eigenvalue weighted by molar-refractivity contribution is -0.136. The molecule has 0 saturated carbocycles. The first-order valence-electron chi connectivity index (χ1n) is 4.38. The van der Waals surface area contributed by atoms with Gasteiger partial charge in [-0.25, -0.2) is 0 Å². The van der Waals surface area contributed by atoms with E-state index >= 15 is 0 Å². The quantitative estimate of drug-likeness (QED) is 0.686. The van der Waals surface area contributed by atoms with Crippen LogP contribution >= 0.6 is 12.4 Å². The van der Waals surface area contributed by atoms with Gasteiger partial charge in [-0.05, 0) is 25.3 Å². The number of halogens is 1. The van der Waals surface area contributed by atoms with Crippen molar-refractivity contribution in [2.24, 2.45) is 5.92 Å². The Kier molecular flexibility index (Phi) is 6.63. The first-order valence-corrected chi connectivity index (χ1v) is 4.38. The summed E-state index contributed by atoms with van der Waals surface area (Å²) in [6.07, 6.45) is 6.29. The minimum Gasteiger partial charge on any atom is -0.481 e. The molecule has 0 aliphatic carbocycles. The molecule has 2 N–H and O–H groups in total. The van der Waals surface area contributed by atoms with Gasteiger partial charge in [0.15, 0.2) is 0 Å². The summed E-state index contributed by atoms with van der Waals surface area (Å²) in [7, 11) is 0. The number of carbonyl (C=O) groups is 1. The molecular weight excluding hydrogens is 190 g/mol. The molecule has 0 radical (unpaired) electrons. The fourth-order valence-electron chi connectivity index (χ4n) is 1.40. The van der Waals surface area contributed by atoms with Crippen LogP contribution in [0.2, 0.25) is 0 Å². The average molecular weight is 206 g/mol. The van der Waals surface area contributed by atoms with Gasteiger partial charge in [-0.1, -0.05) is 12.2 Å². The molecule has 1 atom stereocenters. The zero-order valence-corrected chi connectivity index (χ0v) is 8.35. The number of hydrogen-bond acceptors (Lipinski definition) is 2. The van der Waals surface area contributed by atoms with Gasteiger partial charge in [0.05, 0.1) is 6.42 Å². The molecule has 0 aromatic carbocycles. The second-order valence-electron chi connectivity index (χ2n) is 3.13. The van der Waals surface area contributed by atoms with Gasteiger partial charge in [0, 0.05) is 6.54 Å². The van der Waals surface area contributed by atoms with Crippen molar-refractivity contribution < 1.29 is 9.90 Å². The standard InChI is InChI=1S/C9H15NO2.ClH/c11-9(12)5-1-3-8-4-2-6-10-7-8;/h1,3,8,10H,2,4-7H2,(H,11,12);1H/b3-1+;. The summed E-state index contributed by atoms with van der Waals surface area (Å²) in [5, 5.41) is 11.7. The monoisotopic (exact) mass is 205 g/mol. The smallest absolute Gasteiger partial charge is 0.307 e. The zero-order valence-electron chi connectivity index (χ0n) is 7.53. The van der Waals surface area contributed by atoms with Crippen LogP contribution in [0, 0.1) is 5.92 Å². The van der Waals surface area contributed by atoms with E-state index in [1.807, 2.05) is 6.08 Å². The van der Waals surface area contributed by atoms with Crippen molar-refractivity contribution in [2.75, 3.05) is 13.1 Å². The number of piperidine rings is 1. The number of nitrogens with one attached hydrogen (secondary N) is 1. The van der Waals surface area contributed by atoms with Crippen LogP contribution in [0.4, 0.5) is 0 Å². The summed E-state index contributed by atoms with van der Waals surface area (Å²) in [6, 6.07) is 0. The summed E-state index contributed by atoms with van der Waals surface area (Å²) in [5.74, 6) is -0.215. The van der Waals surface area contributed by atoms with Crippen molar-refractivity contribution in [2.45, 2.75) is 19.3 Å². The molecule has 0 bridgehead atoms. The molecule has 1 unspecified atom stereocenters. The Morgan fingerprint density at radius 1 is 1.62 bits per heavy atom. The summed E-state index contributed by atoms with van der Waals surface area (Å²) in [5.41, 5.74) is 0. The number of carboxylic acid groups (broad SMARTS) is 1. The topological polar surface area (TPSA) is 49.3 Å². The Morgan fingerprint density at radius 3 is 2.92 bits per heavy atom. The van der Waals surface area contributed by atoms with Crippen molar-refractivity contribution in [3.05, 3.63) is 12.2 Å². The van der Waals surface area contributed by atoms with E-state index in [1.165, 1.54) is 12.8 Å². The summed E-state index contributed by atoms with van der Waals surface area (Å²) in [6.45, 7) is 2.10. The fraction of sp³-hybridized carbons (Fsp3) is 0.667. The third-order valence-electron chi connectivity index (χ3n) is 2.04. The van der Waals surface area contributed by atoms with Crippen LogP contribution in [-0.2, 0) is 4.79 Å².